The van der Waals surface area contributed by atoms with E-state index in [0.717, 1.165) is 43.4 Å². The van der Waals surface area contributed by atoms with Crippen molar-refractivity contribution in [1.82, 2.24) is 5.32 Å². The average molecular weight is 389 g/mol. The zero-order chi connectivity index (χ0) is 20.6. The molecule has 0 heterocycles. The maximum atomic E-state index is 12.9. The first kappa shape index (κ1) is 20.6. The molecule has 150 valence electrons. The highest BCUT2D eigenvalue weighted by molar-refractivity contribution is 6.45. The number of nitrogens with zero attached hydrogens (tertiary/aromatic N) is 1. The molecular formula is C24H28N4O. The van der Waals surface area contributed by atoms with E-state index in [9.17, 15) is 4.79 Å². The van der Waals surface area contributed by atoms with Gasteiger partial charge in [-0.2, -0.15) is 5.26 Å². The first-order valence-electron chi connectivity index (χ1n) is 10.3. The van der Waals surface area contributed by atoms with Crippen LogP contribution in [0.3, 0.4) is 0 Å². The van der Waals surface area contributed by atoms with Crippen LogP contribution in [0.5, 0.6) is 0 Å². The van der Waals surface area contributed by atoms with Crippen LogP contribution in [0.25, 0.3) is 0 Å². The van der Waals surface area contributed by atoms with Crippen LogP contribution in [0.1, 0.15) is 60.4 Å². The Labute approximate surface area is 172 Å². The molecule has 0 radical (unpaired) electrons. The number of hydrogen-bond donors (Lipinski definition) is 3. The summed E-state index contributed by atoms with van der Waals surface area (Å²) in [4.78, 5) is 12.9. The molecule has 2 aromatic rings. The summed E-state index contributed by atoms with van der Waals surface area (Å²) in [6.07, 6.45) is 5.23. The first-order valence-corrected chi connectivity index (χ1v) is 10.3. The molecule has 5 nitrogen and oxygen atoms in total. The maximum Gasteiger partial charge on any atom is 0.270 e. The minimum Gasteiger partial charge on any atom is -0.384 e. The van der Waals surface area contributed by atoms with Gasteiger partial charge in [-0.1, -0.05) is 35.9 Å². The van der Waals surface area contributed by atoms with Gasteiger partial charge in [0.15, 0.2) is 0 Å². The number of carbonyl (C=O) groups is 1. The lowest BCUT2D eigenvalue weighted by Gasteiger charge is -2.26. The van der Waals surface area contributed by atoms with Gasteiger partial charge in [0.05, 0.1) is 12.1 Å². The van der Waals surface area contributed by atoms with Gasteiger partial charge in [0.2, 0.25) is 0 Å². The zero-order valence-electron chi connectivity index (χ0n) is 16.9. The van der Waals surface area contributed by atoms with E-state index >= 15 is 0 Å². The van der Waals surface area contributed by atoms with Gasteiger partial charge in [0, 0.05) is 24.2 Å². The number of nitriles is 1. The normalized spacial score (nSPS) is 15.1. The summed E-state index contributed by atoms with van der Waals surface area (Å²) in [6, 6.07) is 16.1. The van der Waals surface area contributed by atoms with E-state index in [4.69, 9.17) is 10.7 Å². The molecule has 1 unspecified atom stereocenters. The number of anilines is 1. The number of amides is 1. The van der Waals surface area contributed by atoms with Crippen molar-refractivity contribution in [3.63, 3.8) is 0 Å². The molecule has 0 spiro atoms. The molecule has 3 N–H and O–H groups in total. The van der Waals surface area contributed by atoms with Gasteiger partial charge in [0.1, 0.15) is 5.71 Å². The van der Waals surface area contributed by atoms with Crippen LogP contribution in [0.2, 0.25) is 0 Å². The summed E-state index contributed by atoms with van der Waals surface area (Å²) in [5.74, 6) is -0.343. The quantitative estimate of drug-likeness (QED) is 0.454. The monoisotopic (exact) mass is 388 g/mol. The van der Waals surface area contributed by atoms with Crippen molar-refractivity contribution in [3.8, 4) is 6.07 Å². The molecular weight excluding hydrogens is 360 g/mol. The van der Waals surface area contributed by atoms with Crippen LogP contribution in [-0.4, -0.2) is 18.2 Å². The first-order chi connectivity index (χ1) is 14.1. The molecule has 1 amide bonds. The third-order valence-corrected chi connectivity index (χ3v) is 5.38. The minimum absolute atomic E-state index is 0.0173. The average Bonchev–Trinajstić information content (AvgIpc) is 2.74. The van der Waals surface area contributed by atoms with Crippen molar-refractivity contribution in [2.24, 2.45) is 0 Å². The van der Waals surface area contributed by atoms with Gasteiger partial charge < -0.3 is 10.6 Å². The second kappa shape index (κ2) is 9.88. The lowest BCUT2D eigenvalue weighted by molar-refractivity contribution is -0.115. The van der Waals surface area contributed by atoms with Crippen molar-refractivity contribution in [2.45, 2.75) is 51.5 Å². The Kier molecular flexibility index (Phi) is 7.02. The lowest BCUT2D eigenvalue weighted by atomic mass is 9.87. The lowest BCUT2D eigenvalue weighted by Crippen LogP contribution is -2.36. The molecule has 0 bridgehead atoms. The molecule has 0 aliphatic heterocycles. The standard InChI is InChI=1S/C24H28N4O/c1-17-12-13-21(27-15-6-2-5-14-25)20(16-17)23(26)24(29)28-22-11-7-9-18-8-3-4-10-19(18)22/h3-4,8,10,12-13,16,22,26-27H,2,5-7,9,11,15H2,1H3,(H,28,29). The van der Waals surface area contributed by atoms with Gasteiger partial charge in [-0.3, -0.25) is 10.2 Å². The van der Waals surface area contributed by atoms with Crippen LogP contribution in [0.4, 0.5) is 5.69 Å². The van der Waals surface area contributed by atoms with E-state index < -0.39 is 0 Å². The van der Waals surface area contributed by atoms with Crippen LogP contribution in [0, 0.1) is 23.7 Å². The molecule has 1 aliphatic rings. The molecule has 0 aromatic heterocycles. The molecule has 3 rings (SSSR count). The van der Waals surface area contributed by atoms with E-state index in [0.29, 0.717) is 18.5 Å². The van der Waals surface area contributed by atoms with Gasteiger partial charge in [-0.05, 0) is 62.3 Å². The van der Waals surface area contributed by atoms with Crippen molar-refractivity contribution in [1.29, 1.82) is 10.7 Å². The largest absolute Gasteiger partial charge is 0.384 e. The highest BCUT2D eigenvalue weighted by Gasteiger charge is 2.24. The van der Waals surface area contributed by atoms with Crippen molar-refractivity contribution in [3.05, 3.63) is 64.7 Å². The van der Waals surface area contributed by atoms with Crippen molar-refractivity contribution in [2.75, 3.05) is 11.9 Å². The van der Waals surface area contributed by atoms with Gasteiger partial charge >= 0.3 is 0 Å². The molecule has 1 atom stereocenters. The third-order valence-electron chi connectivity index (χ3n) is 5.38. The predicted octanol–water partition coefficient (Wildman–Crippen LogP) is 4.66. The molecule has 1 aliphatic carbocycles. The van der Waals surface area contributed by atoms with E-state index in [1.165, 1.54) is 11.1 Å². The second-order valence-corrected chi connectivity index (χ2v) is 7.58. The Morgan fingerprint density at radius 3 is 2.90 bits per heavy atom. The fraction of sp³-hybridized carbons (Fsp3) is 0.375. The Bertz CT molecular complexity index is 929. The highest BCUT2D eigenvalue weighted by atomic mass is 16.1. The Hall–Kier alpha value is -3.13. The number of fused-ring (bicyclic) bond motifs is 1. The number of aryl methyl sites for hydroxylation is 2. The third kappa shape index (κ3) is 5.23. The SMILES string of the molecule is Cc1ccc(NCCCCC#N)c(C(=N)C(=O)NC2CCCc3ccccc32)c1. The summed E-state index contributed by atoms with van der Waals surface area (Å²) >= 11 is 0. The number of benzene rings is 2. The van der Waals surface area contributed by atoms with Gasteiger partial charge in [-0.25, -0.2) is 0 Å². The fourth-order valence-corrected chi connectivity index (χ4v) is 3.83. The van der Waals surface area contributed by atoms with E-state index in [1.54, 1.807) is 0 Å². The summed E-state index contributed by atoms with van der Waals surface area (Å²) in [5.41, 5.74) is 4.85. The second-order valence-electron chi connectivity index (χ2n) is 7.58. The maximum absolute atomic E-state index is 12.9. The Morgan fingerprint density at radius 1 is 1.24 bits per heavy atom. The highest BCUT2D eigenvalue weighted by Crippen LogP contribution is 2.29. The summed E-state index contributed by atoms with van der Waals surface area (Å²) in [6.45, 7) is 2.67. The Morgan fingerprint density at radius 2 is 2.07 bits per heavy atom. The summed E-state index contributed by atoms with van der Waals surface area (Å²) in [7, 11) is 0. The molecule has 0 saturated heterocycles. The molecule has 0 saturated carbocycles. The molecule has 29 heavy (non-hydrogen) atoms. The Balaban J connectivity index is 1.70. The fourth-order valence-electron chi connectivity index (χ4n) is 3.83. The summed E-state index contributed by atoms with van der Waals surface area (Å²) < 4.78 is 0. The van der Waals surface area contributed by atoms with E-state index in [1.807, 2.05) is 37.3 Å². The van der Waals surface area contributed by atoms with Crippen LogP contribution in [-0.2, 0) is 11.2 Å². The van der Waals surface area contributed by atoms with Crippen molar-refractivity contribution >= 4 is 17.3 Å². The smallest absolute Gasteiger partial charge is 0.270 e. The van der Waals surface area contributed by atoms with E-state index in [2.05, 4.69) is 28.8 Å². The number of carbonyl (C=O) groups excluding carboxylic acids is 1. The van der Waals surface area contributed by atoms with Gasteiger partial charge in [-0.15, -0.1) is 0 Å². The number of unbranched alkanes of at least 4 members (excludes halogenated alkanes) is 2. The van der Waals surface area contributed by atoms with Crippen LogP contribution >= 0.6 is 0 Å². The van der Waals surface area contributed by atoms with E-state index in [-0.39, 0.29) is 17.7 Å². The topological polar surface area (TPSA) is 88.8 Å². The zero-order valence-corrected chi connectivity index (χ0v) is 16.9. The minimum atomic E-state index is -0.343. The molecule has 5 heteroatoms. The van der Waals surface area contributed by atoms with Gasteiger partial charge in [0.25, 0.3) is 5.91 Å². The molecule has 2 aromatic carbocycles. The number of hydrogen-bond acceptors (Lipinski definition) is 4. The summed E-state index contributed by atoms with van der Waals surface area (Å²) in [5, 5.41) is 23.6. The number of rotatable bonds is 8. The van der Waals surface area contributed by atoms with Crippen molar-refractivity contribution < 1.29 is 4.79 Å². The number of nitrogens with one attached hydrogen (secondary N) is 3. The molecule has 0 fully saturated rings. The van der Waals surface area contributed by atoms with Crippen LogP contribution < -0.4 is 10.6 Å². The predicted molar refractivity (Wildman–Crippen MR) is 116 cm³/mol. The van der Waals surface area contributed by atoms with Crippen LogP contribution in [0.15, 0.2) is 42.5 Å².